The first-order valence-corrected chi connectivity index (χ1v) is 12.4. The molecule has 0 radical (unpaired) electrons. The van der Waals surface area contributed by atoms with Gasteiger partial charge in [0, 0.05) is 43.5 Å². The highest BCUT2D eigenvalue weighted by Crippen LogP contribution is 2.40. The number of primary amides is 1. The van der Waals surface area contributed by atoms with E-state index in [9.17, 15) is 14.9 Å². The number of hydrogen-bond donors (Lipinski definition) is 2. The van der Waals surface area contributed by atoms with Crippen molar-refractivity contribution in [2.45, 2.75) is 63.3 Å². The number of nitriles is 1. The Balaban J connectivity index is 1.32. The van der Waals surface area contributed by atoms with E-state index in [4.69, 9.17) is 5.73 Å². The van der Waals surface area contributed by atoms with Crippen LogP contribution in [0.2, 0.25) is 0 Å². The lowest BCUT2D eigenvalue weighted by atomic mass is 9.70. The van der Waals surface area contributed by atoms with E-state index in [-0.39, 0.29) is 18.2 Å². The third-order valence-electron chi connectivity index (χ3n) is 7.71. The monoisotopic (exact) mass is 458 g/mol. The summed E-state index contributed by atoms with van der Waals surface area (Å²) in [6, 6.07) is 21.1. The Bertz CT molecular complexity index is 1030. The van der Waals surface area contributed by atoms with Crippen LogP contribution in [0.4, 0.5) is 5.69 Å². The van der Waals surface area contributed by atoms with Crippen LogP contribution in [0.15, 0.2) is 54.6 Å². The fourth-order valence-electron chi connectivity index (χ4n) is 5.44. The number of nitrogens with two attached hydrogens (primary N) is 1. The average molecular weight is 459 g/mol. The van der Waals surface area contributed by atoms with Crippen LogP contribution in [0.5, 0.6) is 0 Å². The number of nitrogens with zero attached hydrogens (tertiary/aromatic N) is 2. The van der Waals surface area contributed by atoms with E-state index in [1.165, 1.54) is 11.1 Å². The SMILES string of the molecule is N#CC1(NC(=O)CCC2(C(N)=O)CCCCC2)CCN(c2ccc(-c3ccccc3)cc2)CC1. The summed E-state index contributed by atoms with van der Waals surface area (Å²) in [4.78, 5) is 27.1. The minimum Gasteiger partial charge on any atom is -0.371 e. The number of amides is 2. The molecule has 178 valence electrons. The third kappa shape index (κ3) is 5.25. The molecule has 2 aromatic carbocycles. The molecular formula is C28H34N4O2. The maximum Gasteiger partial charge on any atom is 0.223 e. The Labute approximate surface area is 202 Å². The Morgan fingerprint density at radius 2 is 1.53 bits per heavy atom. The van der Waals surface area contributed by atoms with Crippen LogP contribution < -0.4 is 16.0 Å². The third-order valence-corrected chi connectivity index (χ3v) is 7.71. The van der Waals surface area contributed by atoms with Crippen molar-refractivity contribution < 1.29 is 9.59 Å². The van der Waals surface area contributed by atoms with Crippen LogP contribution >= 0.6 is 0 Å². The van der Waals surface area contributed by atoms with Gasteiger partial charge in [-0.1, -0.05) is 61.7 Å². The maximum atomic E-state index is 12.8. The van der Waals surface area contributed by atoms with Gasteiger partial charge in [0.1, 0.15) is 5.54 Å². The topological polar surface area (TPSA) is 99.2 Å². The fourth-order valence-corrected chi connectivity index (χ4v) is 5.44. The van der Waals surface area contributed by atoms with Gasteiger partial charge in [0.25, 0.3) is 0 Å². The number of carbonyl (C=O) groups is 2. The van der Waals surface area contributed by atoms with Crippen LogP contribution in [0, 0.1) is 16.7 Å². The van der Waals surface area contributed by atoms with Crippen LogP contribution in [0.3, 0.4) is 0 Å². The minimum absolute atomic E-state index is 0.159. The normalized spacial score (nSPS) is 19.1. The van der Waals surface area contributed by atoms with E-state index in [0.29, 0.717) is 32.4 Å². The van der Waals surface area contributed by atoms with E-state index >= 15 is 0 Å². The summed E-state index contributed by atoms with van der Waals surface area (Å²) in [5.41, 5.74) is 7.77. The maximum absolute atomic E-state index is 12.8. The Morgan fingerprint density at radius 3 is 2.12 bits per heavy atom. The molecule has 2 fully saturated rings. The van der Waals surface area contributed by atoms with Crippen molar-refractivity contribution in [1.82, 2.24) is 5.32 Å². The highest BCUT2D eigenvalue weighted by molar-refractivity contribution is 5.83. The molecule has 1 aliphatic carbocycles. The molecule has 1 saturated heterocycles. The van der Waals surface area contributed by atoms with E-state index in [1.54, 1.807) is 0 Å². The van der Waals surface area contributed by atoms with Crippen LogP contribution in [0.1, 0.15) is 57.8 Å². The number of hydrogen-bond acceptors (Lipinski definition) is 4. The molecule has 0 bridgehead atoms. The molecule has 0 atom stereocenters. The zero-order valence-electron chi connectivity index (χ0n) is 19.8. The lowest BCUT2D eigenvalue weighted by Gasteiger charge is -2.39. The molecule has 4 rings (SSSR count). The van der Waals surface area contributed by atoms with Crippen molar-refractivity contribution in [3.05, 3.63) is 54.6 Å². The number of benzene rings is 2. The van der Waals surface area contributed by atoms with E-state index < -0.39 is 11.0 Å². The zero-order valence-corrected chi connectivity index (χ0v) is 19.8. The van der Waals surface area contributed by atoms with Gasteiger partial charge in [-0.25, -0.2) is 0 Å². The van der Waals surface area contributed by atoms with Crippen molar-refractivity contribution in [2.75, 3.05) is 18.0 Å². The quantitative estimate of drug-likeness (QED) is 0.636. The standard InChI is InChI=1S/C28H34N4O2/c29-21-28(31-25(33)13-16-27(26(30)34)14-5-2-6-15-27)17-19-32(20-18-28)24-11-9-23(10-12-24)22-7-3-1-4-8-22/h1,3-4,7-12H,2,5-6,13-20H2,(H2,30,34)(H,31,33). The van der Waals surface area contributed by atoms with Crippen molar-refractivity contribution >= 4 is 17.5 Å². The predicted molar refractivity (Wildman–Crippen MR) is 134 cm³/mol. The smallest absolute Gasteiger partial charge is 0.223 e. The second kappa shape index (κ2) is 10.3. The first-order valence-electron chi connectivity index (χ1n) is 12.4. The molecule has 34 heavy (non-hydrogen) atoms. The molecule has 1 heterocycles. The summed E-state index contributed by atoms with van der Waals surface area (Å²) >= 11 is 0. The molecular weight excluding hydrogens is 424 g/mol. The number of nitrogens with one attached hydrogen (secondary N) is 1. The molecule has 6 heteroatoms. The largest absolute Gasteiger partial charge is 0.371 e. The lowest BCUT2D eigenvalue weighted by Crippen LogP contribution is -2.54. The van der Waals surface area contributed by atoms with Gasteiger partial charge >= 0.3 is 0 Å². The molecule has 1 aliphatic heterocycles. The van der Waals surface area contributed by atoms with Gasteiger partial charge in [0.15, 0.2) is 0 Å². The summed E-state index contributed by atoms with van der Waals surface area (Å²) < 4.78 is 0. The van der Waals surface area contributed by atoms with E-state index in [1.807, 2.05) is 18.2 Å². The molecule has 2 amide bonds. The van der Waals surface area contributed by atoms with E-state index in [0.717, 1.165) is 37.8 Å². The number of piperidine rings is 1. The summed E-state index contributed by atoms with van der Waals surface area (Å²) in [5, 5.41) is 12.9. The van der Waals surface area contributed by atoms with Gasteiger partial charge in [-0.15, -0.1) is 0 Å². The molecule has 0 unspecified atom stereocenters. The Morgan fingerprint density at radius 1 is 0.912 bits per heavy atom. The first kappa shape index (κ1) is 23.8. The number of carbonyl (C=O) groups excluding carboxylic acids is 2. The minimum atomic E-state index is -0.857. The summed E-state index contributed by atoms with van der Waals surface area (Å²) in [5.74, 6) is -0.449. The van der Waals surface area contributed by atoms with Crippen molar-refractivity contribution in [3.8, 4) is 17.2 Å². The van der Waals surface area contributed by atoms with Crippen molar-refractivity contribution in [1.29, 1.82) is 5.26 Å². The summed E-state index contributed by atoms with van der Waals surface area (Å²) in [7, 11) is 0. The fraction of sp³-hybridized carbons (Fsp3) is 0.464. The molecule has 0 spiro atoms. The number of anilines is 1. The first-order chi connectivity index (χ1) is 16.5. The molecule has 0 aromatic heterocycles. The molecule has 6 nitrogen and oxygen atoms in total. The van der Waals surface area contributed by atoms with Gasteiger partial charge in [0.2, 0.25) is 11.8 Å². The van der Waals surface area contributed by atoms with Gasteiger partial charge in [0.05, 0.1) is 6.07 Å². The number of rotatable bonds is 7. The van der Waals surface area contributed by atoms with E-state index in [2.05, 4.69) is 52.7 Å². The second-order valence-corrected chi connectivity index (χ2v) is 9.85. The van der Waals surface area contributed by atoms with Crippen molar-refractivity contribution in [3.63, 3.8) is 0 Å². The Kier molecular flexibility index (Phi) is 7.21. The molecule has 3 N–H and O–H groups in total. The van der Waals surface area contributed by atoms with Gasteiger partial charge in [-0.2, -0.15) is 5.26 Å². The zero-order chi connectivity index (χ0) is 24.0. The highest BCUT2D eigenvalue weighted by atomic mass is 16.2. The Hall–Kier alpha value is -3.33. The van der Waals surface area contributed by atoms with Crippen molar-refractivity contribution in [2.24, 2.45) is 11.1 Å². The van der Waals surface area contributed by atoms with Crippen LogP contribution in [-0.2, 0) is 9.59 Å². The van der Waals surface area contributed by atoms with Gasteiger partial charge in [-0.05, 0) is 42.5 Å². The predicted octanol–water partition coefficient (Wildman–Crippen LogP) is 4.55. The van der Waals surface area contributed by atoms with Crippen LogP contribution in [0.25, 0.3) is 11.1 Å². The summed E-state index contributed by atoms with van der Waals surface area (Å²) in [6.07, 6.45) is 6.43. The van der Waals surface area contributed by atoms with Gasteiger partial charge in [-0.3, -0.25) is 9.59 Å². The second-order valence-electron chi connectivity index (χ2n) is 9.85. The molecule has 1 saturated carbocycles. The highest BCUT2D eigenvalue weighted by Gasteiger charge is 2.40. The molecule has 2 aliphatic rings. The molecule has 2 aromatic rings. The van der Waals surface area contributed by atoms with Gasteiger partial charge < -0.3 is 16.0 Å². The average Bonchev–Trinajstić information content (AvgIpc) is 2.89. The summed E-state index contributed by atoms with van der Waals surface area (Å²) in [6.45, 7) is 1.40. The lowest BCUT2D eigenvalue weighted by molar-refractivity contribution is -0.131. The van der Waals surface area contributed by atoms with Crippen LogP contribution in [-0.4, -0.2) is 30.4 Å².